The molecule has 1 saturated heterocycles. The maximum Gasteiger partial charge on any atom is 0.256 e. The highest BCUT2D eigenvalue weighted by Gasteiger charge is 2.24. The van der Waals surface area contributed by atoms with Crippen LogP contribution in [0.15, 0.2) is 101 Å². The van der Waals surface area contributed by atoms with Crippen molar-refractivity contribution < 1.29 is 18.4 Å². The molecule has 1 fully saturated rings. The quantitative estimate of drug-likeness (QED) is 0.240. The summed E-state index contributed by atoms with van der Waals surface area (Å²) in [5.41, 5.74) is 2.78. The minimum absolute atomic E-state index is 0.100. The number of furan rings is 1. The zero-order valence-corrected chi connectivity index (χ0v) is 22.4. The highest BCUT2D eigenvalue weighted by atomic mass is 32.1. The molecule has 9 heteroatoms. The van der Waals surface area contributed by atoms with E-state index in [4.69, 9.17) is 16.6 Å². The van der Waals surface area contributed by atoms with Gasteiger partial charge in [-0.25, -0.2) is 4.39 Å². The Hall–Kier alpha value is -4.76. The van der Waals surface area contributed by atoms with E-state index in [1.54, 1.807) is 29.2 Å². The number of nitrogens with zero attached hydrogens (tertiary/aromatic N) is 2. The maximum absolute atomic E-state index is 14.0. The molecular formula is C31H27FN4O3S. The van der Waals surface area contributed by atoms with E-state index in [0.717, 1.165) is 22.7 Å². The lowest BCUT2D eigenvalue weighted by molar-refractivity contribution is -0.115. The normalized spacial score (nSPS) is 13.3. The summed E-state index contributed by atoms with van der Waals surface area (Å²) in [6.07, 6.45) is 2.95. The Balaban J connectivity index is 1.08. The molecule has 1 aliphatic rings. The van der Waals surface area contributed by atoms with Crippen LogP contribution in [0, 0.1) is 5.82 Å². The first-order valence-corrected chi connectivity index (χ1v) is 13.2. The lowest BCUT2D eigenvalue weighted by Gasteiger charge is -2.36. The summed E-state index contributed by atoms with van der Waals surface area (Å²) >= 11 is 5.28. The van der Waals surface area contributed by atoms with Gasteiger partial charge in [0.05, 0.1) is 5.56 Å². The van der Waals surface area contributed by atoms with E-state index >= 15 is 0 Å². The van der Waals surface area contributed by atoms with E-state index in [9.17, 15) is 14.0 Å². The van der Waals surface area contributed by atoms with Gasteiger partial charge in [0.2, 0.25) is 5.91 Å². The molecule has 0 saturated carbocycles. The van der Waals surface area contributed by atoms with Crippen molar-refractivity contribution in [2.75, 3.05) is 36.4 Å². The van der Waals surface area contributed by atoms with E-state index in [1.165, 1.54) is 18.2 Å². The minimum Gasteiger partial charge on any atom is -0.457 e. The third-order valence-electron chi connectivity index (χ3n) is 6.48. The SMILES string of the molecule is O=C(/C=C/c1ccc(-c2ccccc2)o1)NC(=S)Nc1ccc(N2CCN(C(=O)c3ccccc3F)CC2)cc1. The van der Waals surface area contributed by atoms with Gasteiger partial charge in [0.1, 0.15) is 17.3 Å². The number of carbonyl (C=O) groups excluding carboxylic acids is 2. The van der Waals surface area contributed by atoms with Gasteiger partial charge < -0.3 is 19.5 Å². The number of hydrogen-bond acceptors (Lipinski definition) is 5. The summed E-state index contributed by atoms with van der Waals surface area (Å²) in [6.45, 7) is 2.28. The lowest BCUT2D eigenvalue weighted by atomic mass is 10.1. The monoisotopic (exact) mass is 554 g/mol. The van der Waals surface area contributed by atoms with Crippen LogP contribution in [0.1, 0.15) is 16.1 Å². The minimum atomic E-state index is -0.502. The maximum atomic E-state index is 14.0. The van der Waals surface area contributed by atoms with Crippen molar-refractivity contribution in [3.05, 3.63) is 114 Å². The number of halogens is 1. The van der Waals surface area contributed by atoms with Crippen molar-refractivity contribution in [3.8, 4) is 11.3 Å². The average Bonchev–Trinajstić information content (AvgIpc) is 3.46. The molecule has 0 atom stereocenters. The Labute approximate surface area is 236 Å². The Morgan fingerprint density at radius 1 is 0.850 bits per heavy atom. The molecule has 2 amide bonds. The van der Waals surface area contributed by atoms with E-state index in [1.807, 2.05) is 60.7 Å². The molecule has 0 unspecified atom stereocenters. The van der Waals surface area contributed by atoms with E-state index in [0.29, 0.717) is 31.9 Å². The summed E-state index contributed by atoms with van der Waals surface area (Å²) in [5, 5.41) is 5.81. The second-order valence-corrected chi connectivity index (χ2v) is 9.56. The zero-order chi connectivity index (χ0) is 27.9. The molecule has 40 heavy (non-hydrogen) atoms. The molecule has 1 aromatic heterocycles. The predicted octanol–water partition coefficient (Wildman–Crippen LogP) is 5.57. The second kappa shape index (κ2) is 12.4. The van der Waals surface area contributed by atoms with Crippen LogP contribution in [0.5, 0.6) is 0 Å². The highest BCUT2D eigenvalue weighted by Crippen LogP contribution is 2.23. The van der Waals surface area contributed by atoms with E-state index < -0.39 is 5.82 Å². The number of nitrogens with one attached hydrogen (secondary N) is 2. The van der Waals surface area contributed by atoms with Crippen molar-refractivity contribution in [2.45, 2.75) is 0 Å². The van der Waals surface area contributed by atoms with Gasteiger partial charge in [0.15, 0.2) is 5.11 Å². The summed E-state index contributed by atoms with van der Waals surface area (Å²) in [7, 11) is 0. The summed E-state index contributed by atoms with van der Waals surface area (Å²) in [6, 6.07) is 27.0. The van der Waals surface area contributed by atoms with E-state index in [2.05, 4.69) is 15.5 Å². The lowest BCUT2D eigenvalue weighted by Crippen LogP contribution is -2.49. The Bertz CT molecular complexity index is 1530. The first kappa shape index (κ1) is 26.8. The van der Waals surface area contributed by atoms with Gasteiger partial charge in [0.25, 0.3) is 5.91 Å². The van der Waals surface area contributed by atoms with Gasteiger partial charge in [-0.05, 0) is 66.8 Å². The molecule has 4 aromatic rings. The fraction of sp³-hybridized carbons (Fsp3) is 0.129. The molecule has 1 aliphatic heterocycles. The number of hydrogen-bond donors (Lipinski definition) is 2. The van der Waals surface area contributed by atoms with Crippen LogP contribution in [0.4, 0.5) is 15.8 Å². The van der Waals surface area contributed by atoms with Gasteiger partial charge in [-0.3, -0.25) is 14.9 Å². The van der Waals surface area contributed by atoms with Crippen LogP contribution < -0.4 is 15.5 Å². The summed E-state index contributed by atoms with van der Waals surface area (Å²) in [5.74, 6) is 0.108. The molecule has 3 aromatic carbocycles. The third kappa shape index (κ3) is 6.62. The van der Waals surface area contributed by atoms with Crippen molar-refractivity contribution in [3.63, 3.8) is 0 Å². The average molecular weight is 555 g/mol. The van der Waals surface area contributed by atoms with Crippen LogP contribution in [-0.2, 0) is 4.79 Å². The molecule has 0 bridgehead atoms. The predicted molar refractivity (Wildman–Crippen MR) is 158 cm³/mol. The first-order chi connectivity index (χ1) is 19.5. The number of carbonyl (C=O) groups is 2. The standard InChI is InChI=1S/C31H27FN4O3S/c32-27-9-5-4-8-26(27)30(38)36-20-18-35(19-21-36)24-12-10-23(11-13-24)33-31(40)34-29(37)17-15-25-14-16-28(39-25)22-6-2-1-3-7-22/h1-17H,18-21H2,(H2,33,34,37,40)/b17-15+. The van der Waals surface area contributed by atoms with E-state index in [-0.39, 0.29) is 22.5 Å². The smallest absolute Gasteiger partial charge is 0.256 e. The van der Waals surface area contributed by atoms with Gasteiger partial charge >= 0.3 is 0 Å². The molecule has 0 aliphatic carbocycles. The molecule has 5 rings (SSSR count). The van der Waals surface area contributed by atoms with Crippen molar-refractivity contribution in [1.82, 2.24) is 10.2 Å². The van der Waals surface area contributed by atoms with Gasteiger partial charge in [-0.2, -0.15) is 0 Å². The number of amides is 2. The molecular weight excluding hydrogens is 527 g/mol. The first-order valence-electron chi connectivity index (χ1n) is 12.8. The number of benzene rings is 3. The number of thiocarbonyl (C=S) groups is 1. The Morgan fingerprint density at radius 3 is 2.27 bits per heavy atom. The number of piperazine rings is 1. The van der Waals surface area contributed by atoms with Gasteiger partial charge in [0, 0.05) is 49.2 Å². The molecule has 2 N–H and O–H groups in total. The van der Waals surface area contributed by atoms with Crippen LogP contribution in [-0.4, -0.2) is 48.0 Å². The van der Waals surface area contributed by atoms with Crippen LogP contribution in [0.3, 0.4) is 0 Å². The number of anilines is 2. The van der Waals surface area contributed by atoms with Crippen LogP contribution in [0.2, 0.25) is 0 Å². The number of rotatable bonds is 6. The summed E-state index contributed by atoms with van der Waals surface area (Å²) < 4.78 is 19.8. The van der Waals surface area contributed by atoms with Gasteiger partial charge in [-0.15, -0.1) is 0 Å². The fourth-order valence-electron chi connectivity index (χ4n) is 4.40. The van der Waals surface area contributed by atoms with Crippen molar-refractivity contribution >= 4 is 46.6 Å². The molecule has 0 radical (unpaired) electrons. The molecule has 0 spiro atoms. The molecule has 202 valence electrons. The molecule has 2 heterocycles. The second-order valence-electron chi connectivity index (χ2n) is 9.15. The summed E-state index contributed by atoms with van der Waals surface area (Å²) in [4.78, 5) is 28.8. The van der Waals surface area contributed by atoms with Crippen LogP contribution >= 0.6 is 12.2 Å². The largest absolute Gasteiger partial charge is 0.457 e. The Morgan fingerprint density at radius 2 is 1.55 bits per heavy atom. The van der Waals surface area contributed by atoms with Crippen molar-refractivity contribution in [2.24, 2.45) is 0 Å². The Kier molecular flexibility index (Phi) is 8.32. The highest BCUT2D eigenvalue weighted by molar-refractivity contribution is 7.80. The van der Waals surface area contributed by atoms with Crippen LogP contribution in [0.25, 0.3) is 17.4 Å². The van der Waals surface area contributed by atoms with Gasteiger partial charge in [-0.1, -0.05) is 42.5 Å². The van der Waals surface area contributed by atoms with Crippen molar-refractivity contribution in [1.29, 1.82) is 0 Å². The topological polar surface area (TPSA) is 77.8 Å². The third-order valence-corrected chi connectivity index (χ3v) is 6.69. The zero-order valence-electron chi connectivity index (χ0n) is 21.5. The fourth-order valence-corrected chi connectivity index (χ4v) is 4.62. The molecule has 7 nitrogen and oxygen atoms in total.